The molecular formula is C28H39NO. The van der Waals surface area contributed by atoms with Crippen LogP contribution in [0, 0.1) is 11.8 Å². The van der Waals surface area contributed by atoms with Gasteiger partial charge in [-0.15, -0.1) is 0 Å². The summed E-state index contributed by atoms with van der Waals surface area (Å²) >= 11 is 0. The molecule has 2 nitrogen and oxygen atoms in total. The van der Waals surface area contributed by atoms with E-state index in [1.54, 1.807) is 0 Å². The molecule has 0 amide bonds. The van der Waals surface area contributed by atoms with Crippen LogP contribution in [0.3, 0.4) is 0 Å². The first-order valence-corrected chi connectivity index (χ1v) is 11.8. The average Bonchev–Trinajstić information content (AvgIpc) is 2.96. The molecule has 1 saturated heterocycles. The molecule has 0 saturated carbocycles. The molecule has 2 aromatic rings. The standard InChI is InChI=1S/C28H39NO/c1-5-22(3)28(25-10-8-7-9-11-25)26-12-14-27(15-13-26)30-21-20-29-18-16-23(4)24(6-2)17-19-29/h7-15,23-24H,5-6,16-21H2,1-4H3. The van der Waals surface area contributed by atoms with Crippen molar-refractivity contribution in [2.45, 2.75) is 53.4 Å². The van der Waals surface area contributed by atoms with E-state index in [0.717, 1.165) is 37.2 Å². The first-order valence-electron chi connectivity index (χ1n) is 11.8. The summed E-state index contributed by atoms with van der Waals surface area (Å²) in [4.78, 5) is 2.58. The molecule has 0 bridgehead atoms. The van der Waals surface area contributed by atoms with E-state index in [1.807, 2.05) is 0 Å². The van der Waals surface area contributed by atoms with Gasteiger partial charge in [-0.3, -0.25) is 4.90 Å². The molecule has 1 aliphatic rings. The monoisotopic (exact) mass is 405 g/mol. The van der Waals surface area contributed by atoms with E-state index >= 15 is 0 Å². The molecule has 0 aliphatic carbocycles. The van der Waals surface area contributed by atoms with Gasteiger partial charge in [-0.25, -0.2) is 0 Å². The number of allylic oxidation sites excluding steroid dienone is 1. The molecule has 0 N–H and O–H groups in total. The van der Waals surface area contributed by atoms with Crippen LogP contribution in [-0.4, -0.2) is 31.1 Å². The van der Waals surface area contributed by atoms with E-state index in [1.165, 1.54) is 54.6 Å². The van der Waals surface area contributed by atoms with Crippen LogP contribution < -0.4 is 4.74 Å². The van der Waals surface area contributed by atoms with E-state index in [2.05, 4.69) is 87.2 Å². The first-order chi connectivity index (χ1) is 14.6. The van der Waals surface area contributed by atoms with Gasteiger partial charge in [0.1, 0.15) is 12.4 Å². The highest BCUT2D eigenvalue weighted by Gasteiger charge is 2.21. The van der Waals surface area contributed by atoms with Crippen molar-refractivity contribution < 1.29 is 4.74 Å². The van der Waals surface area contributed by atoms with E-state index in [-0.39, 0.29) is 0 Å². The Labute approximate surface area is 184 Å². The summed E-state index contributed by atoms with van der Waals surface area (Å²) in [5, 5.41) is 0. The maximum Gasteiger partial charge on any atom is 0.119 e. The van der Waals surface area contributed by atoms with Crippen molar-refractivity contribution >= 4 is 5.57 Å². The van der Waals surface area contributed by atoms with Gasteiger partial charge in [-0.2, -0.15) is 0 Å². The van der Waals surface area contributed by atoms with Gasteiger partial charge in [0.05, 0.1) is 0 Å². The van der Waals surface area contributed by atoms with Crippen LogP contribution in [-0.2, 0) is 0 Å². The fourth-order valence-electron chi connectivity index (χ4n) is 4.65. The van der Waals surface area contributed by atoms with E-state index in [4.69, 9.17) is 4.74 Å². The highest BCUT2D eigenvalue weighted by atomic mass is 16.5. The van der Waals surface area contributed by atoms with Crippen molar-refractivity contribution in [3.63, 3.8) is 0 Å². The summed E-state index contributed by atoms with van der Waals surface area (Å²) in [5.74, 6) is 2.71. The molecule has 0 spiro atoms. The zero-order chi connectivity index (χ0) is 21.3. The summed E-state index contributed by atoms with van der Waals surface area (Å²) in [5.41, 5.74) is 5.30. The van der Waals surface area contributed by atoms with Crippen LogP contribution >= 0.6 is 0 Å². The van der Waals surface area contributed by atoms with Crippen molar-refractivity contribution in [1.29, 1.82) is 0 Å². The molecule has 2 atom stereocenters. The van der Waals surface area contributed by atoms with Crippen molar-refractivity contribution in [1.82, 2.24) is 4.90 Å². The van der Waals surface area contributed by atoms with Crippen molar-refractivity contribution in [3.8, 4) is 5.75 Å². The Balaban J connectivity index is 1.58. The van der Waals surface area contributed by atoms with Crippen LogP contribution in [0.1, 0.15) is 64.5 Å². The van der Waals surface area contributed by atoms with E-state index in [9.17, 15) is 0 Å². The second-order valence-electron chi connectivity index (χ2n) is 8.81. The lowest BCUT2D eigenvalue weighted by Crippen LogP contribution is -2.29. The Morgan fingerprint density at radius 3 is 2.27 bits per heavy atom. The molecule has 1 fully saturated rings. The smallest absolute Gasteiger partial charge is 0.119 e. The minimum atomic E-state index is 0.764. The normalized spacial score (nSPS) is 21.1. The molecule has 1 aliphatic heterocycles. The number of benzene rings is 2. The van der Waals surface area contributed by atoms with Gasteiger partial charge < -0.3 is 4.74 Å². The van der Waals surface area contributed by atoms with Gasteiger partial charge in [0, 0.05) is 6.54 Å². The third-order valence-electron chi connectivity index (χ3n) is 6.88. The van der Waals surface area contributed by atoms with Crippen LogP contribution in [0.4, 0.5) is 0 Å². The maximum atomic E-state index is 6.10. The van der Waals surface area contributed by atoms with Gasteiger partial charge in [0.15, 0.2) is 0 Å². The topological polar surface area (TPSA) is 12.5 Å². The summed E-state index contributed by atoms with van der Waals surface area (Å²) in [6.45, 7) is 13.4. The Morgan fingerprint density at radius 1 is 0.933 bits per heavy atom. The summed E-state index contributed by atoms with van der Waals surface area (Å²) < 4.78 is 6.10. The minimum Gasteiger partial charge on any atom is -0.492 e. The first kappa shape index (κ1) is 22.6. The molecule has 2 heteroatoms. The Morgan fingerprint density at radius 2 is 1.60 bits per heavy atom. The van der Waals surface area contributed by atoms with Gasteiger partial charge >= 0.3 is 0 Å². The minimum absolute atomic E-state index is 0.764. The van der Waals surface area contributed by atoms with Crippen molar-refractivity contribution in [3.05, 3.63) is 71.3 Å². The molecule has 30 heavy (non-hydrogen) atoms. The van der Waals surface area contributed by atoms with Gasteiger partial charge in [0.2, 0.25) is 0 Å². The van der Waals surface area contributed by atoms with Crippen molar-refractivity contribution in [2.75, 3.05) is 26.2 Å². The van der Waals surface area contributed by atoms with Crippen LogP contribution in [0.15, 0.2) is 60.2 Å². The number of hydrogen-bond acceptors (Lipinski definition) is 2. The zero-order valence-corrected chi connectivity index (χ0v) is 19.4. The SMILES string of the molecule is CCC(C)=C(c1ccccc1)c1ccc(OCCN2CCC(C)C(CC)CC2)cc1. The largest absolute Gasteiger partial charge is 0.492 e. The van der Waals surface area contributed by atoms with Crippen molar-refractivity contribution in [2.24, 2.45) is 11.8 Å². The van der Waals surface area contributed by atoms with Crippen LogP contribution in [0.25, 0.3) is 5.57 Å². The molecule has 2 aromatic carbocycles. The molecule has 0 aromatic heterocycles. The zero-order valence-electron chi connectivity index (χ0n) is 19.4. The van der Waals surface area contributed by atoms with Gasteiger partial charge in [-0.05, 0) is 79.9 Å². The second kappa shape index (κ2) is 11.4. The molecular weight excluding hydrogens is 366 g/mol. The molecule has 1 heterocycles. The number of likely N-dealkylation sites (tertiary alicyclic amines) is 1. The quantitative estimate of drug-likeness (QED) is 0.466. The fraction of sp³-hybridized carbons (Fsp3) is 0.500. The number of rotatable bonds is 8. The number of ether oxygens (including phenoxy) is 1. The predicted octanol–water partition coefficient (Wildman–Crippen LogP) is 7.06. The van der Waals surface area contributed by atoms with E-state index in [0.29, 0.717) is 0 Å². The van der Waals surface area contributed by atoms with Crippen LogP contribution in [0.5, 0.6) is 5.75 Å². The Hall–Kier alpha value is -2.06. The summed E-state index contributed by atoms with van der Waals surface area (Å²) in [7, 11) is 0. The number of nitrogens with zero attached hydrogens (tertiary/aromatic N) is 1. The highest BCUT2D eigenvalue weighted by molar-refractivity contribution is 5.82. The lowest BCUT2D eigenvalue weighted by atomic mass is 9.88. The van der Waals surface area contributed by atoms with Gasteiger partial charge in [-0.1, -0.05) is 75.2 Å². The summed E-state index contributed by atoms with van der Waals surface area (Å²) in [6.07, 6.45) is 5.01. The Bertz CT molecular complexity index is 793. The highest BCUT2D eigenvalue weighted by Crippen LogP contribution is 2.30. The number of hydrogen-bond donors (Lipinski definition) is 0. The molecule has 162 valence electrons. The lowest BCUT2D eigenvalue weighted by molar-refractivity contribution is 0.211. The predicted molar refractivity (Wildman–Crippen MR) is 129 cm³/mol. The molecule has 0 radical (unpaired) electrons. The summed E-state index contributed by atoms with van der Waals surface area (Å²) in [6, 6.07) is 19.4. The molecule has 3 rings (SSSR count). The second-order valence-corrected chi connectivity index (χ2v) is 8.81. The third-order valence-corrected chi connectivity index (χ3v) is 6.88. The maximum absolute atomic E-state index is 6.10. The average molecular weight is 406 g/mol. The lowest BCUT2D eigenvalue weighted by Gasteiger charge is -2.20. The fourth-order valence-corrected chi connectivity index (χ4v) is 4.65. The third kappa shape index (κ3) is 5.98. The van der Waals surface area contributed by atoms with Crippen LogP contribution in [0.2, 0.25) is 0 Å². The van der Waals surface area contributed by atoms with E-state index < -0.39 is 0 Å². The molecule has 2 unspecified atom stereocenters. The Kier molecular flexibility index (Phi) is 8.57. The van der Waals surface area contributed by atoms with Gasteiger partial charge in [0.25, 0.3) is 0 Å².